The molecule has 1 spiro atoms. The van der Waals surface area contributed by atoms with Gasteiger partial charge in [0, 0.05) is 62.0 Å². The molecule has 0 radical (unpaired) electrons. The summed E-state index contributed by atoms with van der Waals surface area (Å²) in [5.74, 6) is 0.538. The SMILES string of the molecule is Cn1cc(-c2ccc3cnc(NC(=O)C4CC5(C4)CN(CCF)C5)cc3n2)cn1. The van der Waals surface area contributed by atoms with E-state index in [-0.39, 0.29) is 23.9 Å². The maximum absolute atomic E-state index is 12.6. The topological polar surface area (TPSA) is 75.9 Å². The average molecular weight is 394 g/mol. The van der Waals surface area contributed by atoms with Crippen molar-refractivity contribution in [3.8, 4) is 11.3 Å². The molecule has 1 aliphatic heterocycles. The zero-order valence-electron chi connectivity index (χ0n) is 16.3. The Morgan fingerprint density at radius 2 is 2.14 bits per heavy atom. The summed E-state index contributed by atoms with van der Waals surface area (Å²) >= 11 is 0. The van der Waals surface area contributed by atoms with Crippen LogP contribution < -0.4 is 5.32 Å². The first-order chi connectivity index (χ1) is 14.0. The number of hydrogen-bond donors (Lipinski definition) is 1. The van der Waals surface area contributed by atoms with Gasteiger partial charge in [0.2, 0.25) is 5.91 Å². The molecule has 8 heteroatoms. The minimum absolute atomic E-state index is 0.00899. The first kappa shape index (κ1) is 18.2. The molecule has 0 atom stereocenters. The molecule has 1 saturated carbocycles. The van der Waals surface area contributed by atoms with E-state index in [1.54, 1.807) is 17.1 Å². The van der Waals surface area contributed by atoms with Crippen molar-refractivity contribution in [2.24, 2.45) is 18.4 Å². The van der Waals surface area contributed by atoms with Gasteiger partial charge >= 0.3 is 0 Å². The number of nitrogens with zero attached hydrogens (tertiary/aromatic N) is 5. The molecule has 2 fully saturated rings. The van der Waals surface area contributed by atoms with Crippen LogP contribution in [-0.2, 0) is 11.8 Å². The number of aryl methyl sites for hydroxylation is 1. The maximum Gasteiger partial charge on any atom is 0.228 e. The van der Waals surface area contributed by atoms with E-state index in [1.807, 2.05) is 31.4 Å². The van der Waals surface area contributed by atoms with E-state index in [4.69, 9.17) is 4.98 Å². The Labute approximate surface area is 167 Å². The number of hydrogen-bond acceptors (Lipinski definition) is 5. The van der Waals surface area contributed by atoms with Gasteiger partial charge in [-0.2, -0.15) is 5.10 Å². The van der Waals surface area contributed by atoms with Crippen LogP contribution in [-0.4, -0.2) is 56.9 Å². The van der Waals surface area contributed by atoms with E-state index < -0.39 is 0 Å². The Kier molecular flexibility index (Phi) is 4.31. The number of pyridine rings is 2. The Morgan fingerprint density at radius 1 is 1.31 bits per heavy atom. The minimum Gasteiger partial charge on any atom is -0.310 e. The molecule has 1 aliphatic carbocycles. The summed E-state index contributed by atoms with van der Waals surface area (Å²) in [7, 11) is 1.87. The first-order valence-electron chi connectivity index (χ1n) is 9.89. The second-order valence-corrected chi connectivity index (χ2v) is 8.36. The number of fused-ring (bicyclic) bond motifs is 1. The number of amides is 1. The van der Waals surface area contributed by atoms with Gasteiger partial charge in [-0.15, -0.1) is 0 Å². The lowest BCUT2D eigenvalue weighted by atomic mass is 9.57. The number of rotatable bonds is 5. The summed E-state index contributed by atoms with van der Waals surface area (Å²) in [6.45, 7) is 2.03. The number of carbonyl (C=O) groups excluding carboxylic acids is 1. The highest BCUT2D eigenvalue weighted by Crippen LogP contribution is 2.52. The molecular weight excluding hydrogens is 371 g/mol. The zero-order valence-corrected chi connectivity index (χ0v) is 16.3. The van der Waals surface area contributed by atoms with Crippen LogP contribution >= 0.6 is 0 Å². The Bertz CT molecular complexity index is 1070. The fourth-order valence-corrected chi connectivity index (χ4v) is 4.64. The van der Waals surface area contributed by atoms with Crippen LogP contribution in [0.15, 0.2) is 36.8 Å². The highest BCUT2D eigenvalue weighted by atomic mass is 19.1. The average Bonchev–Trinajstić information content (AvgIpc) is 3.08. The van der Waals surface area contributed by atoms with Crippen LogP contribution in [0.4, 0.5) is 10.2 Å². The van der Waals surface area contributed by atoms with Crippen molar-refractivity contribution in [1.29, 1.82) is 0 Å². The molecule has 3 aromatic rings. The van der Waals surface area contributed by atoms with Gasteiger partial charge in [-0.3, -0.25) is 14.4 Å². The van der Waals surface area contributed by atoms with Crippen molar-refractivity contribution in [3.05, 3.63) is 36.8 Å². The Hall–Kier alpha value is -2.87. The molecule has 0 unspecified atom stereocenters. The van der Waals surface area contributed by atoms with Gasteiger partial charge in [-0.25, -0.2) is 14.4 Å². The fraction of sp³-hybridized carbons (Fsp3) is 0.429. The standard InChI is InChI=1S/C21H23FN6O/c1-27-11-16(10-24-27)17-3-2-14-9-23-19(6-18(14)25-17)26-20(29)15-7-21(8-15)12-28(13-21)5-4-22/h2-3,6,9-11,15H,4-5,7-8,12-13H2,1H3,(H,23,26,29). The summed E-state index contributed by atoms with van der Waals surface area (Å²) in [6.07, 6.45) is 7.17. The lowest BCUT2D eigenvalue weighted by Crippen LogP contribution is -2.63. The zero-order chi connectivity index (χ0) is 20.0. The first-order valence-corrected chi connectivity index (χ1v) is 9.89. The summed E-state index contributed by atoms with van der Waals surface area (Å²) in [5, 5.41) is 8.05. The summed E-state index contributed by atoms with van der Waals surface area (Å²) in [4.78, 5) is 23.8. The molecule has 0 aromatic carbocycles. The third-order valence-electron chi connectivity index (χ3n) is 6.07. The monoisotopic (exact) mass is 394 g/mol. The van der Waals surface area contributed by atoms with E-state index in [2.05, 4.69) is 20.3 Å². The molecular formula is C21H23FN6O. The van der Waals surface area contributed by atoms with Crippen molar-refractivity contribution >= 4 is 22.6 Å². The predicted octanol–water partition coefficient (Wildman–Crippen LogP) is 2.65. The van der Waals surface area contributed by atoms with E-state index in [9.17, 15) is 9.18 Å². The summed E-state index contributed by atoms with van der Waals surface area (Å²) < 4.78 is 14.1. The van der Waals surface area contributed by atoms with Crippen LogP contribution in [0, 0.1) is 11.3 Å². The quantitative estimate of drug-likeness (QED) is 0.720. The van der Waals surface area contributed by atoms with Crippen molar-refractivity contribution in [2.45, 2.75) is 12.8 Å². The van der Waals surface area contributed by atoms with Gasteiger partial charge in [-0.05, 0) is 30.4 Å². The second kappa shape index (κ2) is 6.88. The van der Waals surface area contributed by atoms with Gasteiger partial charge in [0.15, 0.2) is 0 Å². The van der Waals surface area contributed by atoms with Crippen molar-refractivity contribution in [1.82, 2.24) is 24.6 Å². The van der Waals surface area contributed by atoms with Crippen LogP contribution in [0.5, 0.6) is 0 Å². The summed E-state index contributed by atoms with van der Waals surface area (Å²) in [6, 6.07) is 5.73. The largest absolute Gasteiger partial charge is 0.310 e. The number of likely N-dealkylation sites (tertiary alicyclic amines) is 1. The molecule has 150 valence electrons. The lowest BCUT2D eigenvalue weighted by molar-refractivity contribution is -0.139. The van der Waals surface area contributed by atoms with E-state index >= 15 is 0 Å². The molecule has 1 saturated heterocycles. The molecule has 2 aliphatic rings. The van der Waals surface area contributed by atoms with Gasteiger partial charge < -0.3 is 5.32 Å². The van der Waals surface area contributed by atoms with Crippen molar-refractivity contribution in [2.75, 3.05) is 31.6 Å². The van der Waals surface area contributed by atoms with Crippen LogP contribution in [0.1, 0.15) is 12.8 Å². The number of aromatic nitrogens is 4. The van der Waals surface area contributed by atoms with Gasteiger partial charge in [0.05, 0.1) is 17.4 Å². The highest BCUT2D eigenvalue weighted by Gasteiger charge is 2.53. The molecule has 3 aromatic heterocycles. The Morgan fingerprint density at radius 3 is 2.86 bits per heavy atom. The normalized spacial score (nSPS) is 18.6. The van der Waals surface area contributed by atoms with Crippen molar-refractivity contribution in [3.63, 3.8) is 0 Å². The summed E-state index contributed by atoms with van der Waals surface area (Å²) in [5.41, 5.74) is 2.79. The minimum atomic E-state index is -0.301. The second-order valence-electron chi connectivity index (χ2n) is 8.36. The van der Waals surface area contributed by atoms with E-state index in [0.717, 1.165) is 48.1 Å². The fourth-order valence-electron chi connectivity index (χ4n) is 4.64. The number of nitrogens with one attached hydrogen (secondary N) is 1. The molecule has 7 nitrogen and oxygen atoms in total. The highest BCUT2D eigenvalue weighted by molar-refractivity contribution is 5.94. The maximum atomic E-state index is 12.6. The number of alkyl halides is 1. The molecule has 4 heterocycles. The van der Waals surface area contributed by atoms with Gasteiger partial charge in [0.25, 0.3) is 0 Å². The van der Waals surface area contributed by atoms with Crippen LogP contribution in [0.25, 0.3) is 22.2 Å². The third kappa shape index (κ3) is 3.37. The number of carbonyl (C=O) groups is 1. The number of anilines is 1. The van der Waals surface area contributed by atoms with Crippen LogP contribution in [0.3, 0.4) is 0 Å². The lowest BCUT2D eigenvalue weighted by Gasteiger charge is -2.58. The smallest absolute Gasteiger partial charge is 0.228 e. The van der Waals surface area contributed by atoms with Crippen molar-refractivity contribution < 1.29 is 9.18 Å². The molecule has 1 amide bonds. The molecule has 5 rings (SSSR count). The molecule has 29 heavy (non-hydrogen) atoms. The Balaban J connectivity index is 1.25. The van der Waals surface area contributed by atoms with E-state index in [0.29, 0.717) is 12.4 Å². The molecule has 0 bridgehead atoms. The predicted molar refractivity (Wildman–Crippen MR) is 108 cm³/mol. The van der Waals surface area contributed by atoms with E-state index in [1.165, 1.54) is 0 Å². The molecule has 1 N–H and O–H groups in total. The van der Waals surface area contributed by atoms with Gasteiger partial charge in [-0.1, -0.05) is 0 Å². The number of halogens is 1. The van der Waals surface area contributed by atoms with Gasteiger partial charge in [0.1, 0.15) is 12.5 Å². The van der Waals surface area contributed by atoms with Crippen LogP contribution in [0.2, 0.25) is 0 Å². The third-order valence-corrected chi connectivity index (χ3v) is 6.07.